The average molecular weight is 355 g/mol. The van der Waals surface area contributed by atoms with E-state index in [1.165, 1.54) is 51.4 Å². The molecule has 0 fully saturated rings. The van der Waals surface area contributed by atoms with E-state index in [1.54, 1.807) is 0 Å². The molecule has 0 heterocycles. The number of esters is 1. The number of ether oxygens (including phenoxy) is 1. The second-order valence-corrected chi connectivity index (χ2v) is 9.22. The highest BCUT2D eigenvalue weighted by molar-refractivity contribution is 5.69. The highest BCUT2D eigenvalue weighted by atomic mass is 16.5. The molecule has 0 aliphatic heterocycles. The minimum atomic E-state index is 0.00139. The molecule has 0 aromatic rings. The Morgan fingerprint density at radius 2 is 1.52 bits per heavy atom. The maximum Gasteiger partial charge on any atom is 0.305 e. The fourth-order valence-electron chi connectivity index (χ4n) is 3.05. The molecule has 0 saturated heterocycles. The van der Waals surface area contributed by atoms with Crippen molar-refractivity contribution in [1.82, 2.24) is 0 Å². The molecule has 0 aliphatic carbocycles. The van der Waals surface area contributed by atoms with Crippen LogP contribution in [0.2, 0.25) is 0 Å². The lowest BCUT2D eigenvalue weighted by Gasteiger charge is -2.22. The van der Waals surface area contributed by atoms with Crippen LogP contribution in [0.1, 0.15) is 119 Å². The molecule has 150 valence electrons. The minimum Gasteiger partial charge on any atom is -0.466 e. The summed E-state index contributed by atoms with van der Waals surface area (Å²) < 4.78 is 5.39. The molecular formula is C23H46O2. The molecule has 0 amide bonds. The predicted molar refractivity (Wildman–Crippen MR) is 110 cm³/mol. The molecule has 0 aromatic carbocycles. The van der Waals surface area contributed by atoms with Gasteiger partial charge in [-0.05, 0) is 36.5 Å². The van der Waals surface area contributed by atoms with E-state index in [9.17, 15) is 4.79 Å². The third-order valence-electron chi connectivity index (χ3n) is 5.54. The Morgan fingerprint density at radius 3 is 2.16 bits per heavy atom. The van der Waals surface area contributed by atoms with E-state index in [0.717, 1.165) is 25.2 Å². The van der Waals surface area contributed by atoms with Gasteiger partial charge in [-0.25, -0.2) is 0 Å². The molecule has 0 aromatic heterocycles. The van der Waals surface area contributed by atoms with Gasteiger partial charge in [0, 0.05) is 6.42 Å². The molecule has 0 rings (SSSR count). The van der Waals surface area contributed by atoms with Crippen LogP contribution in [0, 0.1) is 17.3 Å². The first-order valence-electron chi connectivity index (χ1n) is 10.9. The maximum absolute atomic E-state index is 11.8. The van der Waals surface area contributed by atoms with Crippen LogP contribution >= 0.6 is 0 Å². The van der Waals surface area contributed by atoms with E-state index < -0.39 is 0 Å². The Kier molecular flexibility index (Phi) is 14.3. The lowest BCUT2D eigenvalue weighted by Crippen LogP contribution is -2.09. The summed E-state index contributed by atoms with van der Waals surface area (Å²) >= 11 is 0. The van der Waals surface area contributed by atoms with Gasteiger partial charge in [-0.1, -0.05) is 92.9 Å². The summed E-state index contributed by atoms with van der Waals surface area (Å²) in [5.74, 6) is 1.46. The SMILES string of the molecule is CCC(C)(C)CCCCCCCC(=O)OCCC(C)CCCC(C)C. The number of hydrogen-bond acceptors (Lipinski definition) is 2. The normalized spacial score (nSPS) is 13.2. The van der Waals surface area contributed by atoms with Crippen molar-refractivity contribution in [3.8, 4) is 0 Å². The van der Waals surface area contributed by atoms with Gasteiger partial charge in [-0.3, -0.25) is 4.79 Å². The van der Waals surface area contributed by atoms with E-state index in [4.69, 9.17) is 4.74 Å². The van der Waals surface area contributed by atoms with Crippen LogP contribution in [-0.4, -0.2) is 12.6 Å². The average Bonchev–Trinajstić information content (AvgIpc) is 2.53. The minimum absolute atomic E-state index is 0.00139. The smallest absolute Gasteiger partial charge is 0.305 e. The predicted octanol–water partition coefficient (Wildman–Crippen LogP) is 7.55. The largest absolute Gasteiger partial charge is 0.466 e. The van der Waals surface area contributed by atoms with E-state index in [0.29, 0.717) is 24.4 Å². The molecule has 1 atom stereocenters. The Labute approximate surface area is 158 Å². The van der Waals surface area contributed by atoms with Gasteiger partial charge in [0.1, 0.15) is 0 Å². The highest BCUT2D eigenvalue weighted by Crippen LogP contribution is 2.27. The topological polar surface area (TPSA) is 26.3 Å². The zero-order valence-electron chi connectivity index (χ0n) is 18.2. The molecular weight excluding hydrogens is 308 g/mol. The molecule has 0 aliphatic rings. The molecule has 25 heavy (non-hydrogen) atoms. The highest BCUT2D eigenvalue weighted by Gasteiger charge is 2.13. The van der Waals surface area contributed by atoms with E-state index in [2.05, 4.69) is 41.5 Å². The van der Waals surface area contributed by atoms with Crippen molar-refractivity contribution in [2.75, 3.05) is 6.61 Å². The molecule has 0 spiro atoms. The van der Waals surface area contributed by atoms with Crippen LogP contribution < -0.4 is 0 Å². The number of carbonyl (C=O) groups excluding carboxylic acids is 1. The first-order chi connectivity index (χ1) is 11.8. The summed E-state index contributed by atoms with van der Waals surface area (Å²) in [4.78, 5) is 11.8. The van der Waals surface area contributed by atoms with Crippen LogP contribution in [0.5, 0.6) is 0 Å². The van der Waals surface area contributed by atoms with Gasteiger partial charge in [0.15, 0.2) is 0 Å². The van der Waals surface area contributed by atoms with Crippen LogP contribution in [0.15, 0.2) is 0 Å². The third-order valence-corrected chi connectivity index (χ3v) is 5.54. The van der Waals surface area contributed by atoms with Crippen molar-refractivity contribution < 1.29 is 9.53 Å². The first-order valence-corrected chi connectivity index (χ1v) is 10.9. The Balaban J connectivity index is 3.44. The number of hydrogen-bond donors (Lipinski definition) is 0. The zero-order valence-corrected chi connectivity index (χ0v) is 18.2. The van der Waals surface area contributed by atoms with Gasteiger partial charge >= 0.3 is 5.97 Å². The fraction of sp³-hybridized carbons (Fsp3) is 0.957. The lowest BCUT2D eigenvalue weighted by atomic mass is 9.84. The van der Waals surface area contributed by atoms with Crippen LogP contribution in [0.25, 0.3) is 0 Å². The quantitative estimate of drug-likeness (QED) is 0.211. The number of carbonyl (C=O) groups is 1. The molecule has 0 saturated carbocycles. The summed E-state index contributed by atoms with van der Waals surface area (Å²) in [6.45, 7) is 14.4. The van der Waals surface area contributed by atoms with E-state index in [-0.39, 0.29) is 5.97 Å². The van der Waals surface area contributed by atoms with Gasteiger partial charge < -0.3 is 4.74 Å². The Hall–Kier alpha value is -0.530. The van der Waals surface area contributed by atoms with Crippen molar-refractivity contribution in [3.05, 3.63) is 0 Å². The molecule has 0 N–H and O–H groups in total. The monoisotopic (exact) mass is 354 g/mol. The third kappa shape index (κ3) is 16.7. The van der Waals surface area contributed by atoms with Gasteiger partial charge in [-0.15, -0.1) is 0 Å². The van der Waals surface area contributed by atoms with Crippen LogP contribution in [0.3, 0.4) is 0 Å². The van der Waals surface area contributed by atoms with Crippen molar-refractivity contribution in [3.63, 3.8) is 0 Å². The number of rotatable bonds is 16. The van der Waals surface area contributed by atoms with Crippen molar-refractivity contribution in [1.29, 1.82) is 0 Å². The molecule has 2 nitrogen and oxygen atoms in total. The summed E-state index contributed by atoms with van der Waals surface area (Å²) in [5.41, 5.74) is 0.496. The molecule has 2 heteroatoms. The van der Waals surface area contributed by atoms with Crippen molar-refractivity contribution in [2.24, 2.45) is 17.3 Å². The zero-order chi connectivity index (χ0) is 19.1. The van der Waals surface area contributed by atoms with Gasteiger partial charge in [-0.2, -0.15) is 0 Å². The van der Waals surface area contributed by atoms with E-state index >= 15 is 0 Å². The second-order valence-electron chi connectivity index (χ2n) is 9.22. The standard InChI is InChI=1S/C23H46O2/c1-7-23(5,6)18-12-10-8-9-11-16-22(24)25-19-17-21(4)15-13-14-20(2)3/h20-21H,7-19H2,1-6H3. The summed E-state index contributed by atoms with van der Waals surface area (Å²) in [5, 5.41) is 0. The van der Waals surface area contributed by atoms with Crippen molar-refractivity contribution in [2.45, 2.75) is 119 Å². The summed E-state index contributed by atoms with van der Waals surface area (Å²) in [7, 11) is 0. The Morgan fingerprint density at radius 1 is 0.880 bits per heavy atom. The molecule has 0 radical (unpaired) electrons. The summed E-state index contributed by atoms with van der Waals surface area (Å²) in [6.07, 6.45) is 14.1. The first kappa shape index (κ1) is 24.5. The van der Waals surface area contributed by atoms with Crippen molar-refractivity contribution >= 4 is 5.97 Å². The van der Waals surface area contributed by atoms with Gasteiger partial charge in [0.2, 0.25) is 0 Å². The van der Waals surface area contributed by atoms with Crippen LogP contribution in [0.4, 0.5) is 0 Å². The summed E-state index contributed by atoms with van der Waals surface area (Å²) in [6, 6.07) is 0. The molecule has 1 unspecified atom stereocenters. The second kappa shape index (κ2) is 14.6. The molecule has 0 bridgehead atoms. The Bertz CT molecular complexity index is 320. The maximum atomic E-state index is 11.8. The van der Waals surface area contributed by atoms with Crippen LogP contribution in [-0.2, 0) is 9.53 Å². The lowest BCUT2D eigenvalue weighted by molar-refractivity contribution is -0.144. The number of unbranched alkanes of at least 4 members (excludes halogenated alkanes) is 4. The van der Waals surface area contributed by atoms with E-state index in [1.807, 2.05) is 0 Å². The van der Waals surface area contributed by atoms with Gasteiger partial charge in [0.05, 0.1) is 6.61 Å². The van der Waals surface area contributed by atoms with Gasteiger partial charge in [0.25, 0.3) is 0 Å². The fourth-order valence-corrected chi connectivity index (χ4v) is 3.05.